The molecule has 1 N–H and O–H groups in total. The molecular formula is C32H41N3O7S. The topological polar surface area (TPSA) is 114 Å². The second kappa shape index (κ2) is 15.3. The van der Waals surface area contributed by atoms with Crippen LogP contribution in [0, 0.1) is 0 Å². The van der Waals surface area contributed by atoms with Gasteiger partial charge >= 0.3 is 0 Å². The second-order valence-electron chi connectivity index (χ2n) is 9.98. The van der Waals surface area contributed by atoms with E-state index < -0.39 is 28.5 Å². The van der Waals surface area contributed by atoms with Crippen LogP contribution in [0.2, 0.25) is 0 Å². The first kappa shape index (κ1) is 33.3. The van der Waals surface area contributed by atoms with Gasteiger partial charge in [0.25, 0.3) is 10.0 Å². The smallest absolute Gasteiger partial charge is 0.264 e. The molecule has 0 spiro atoms. The molecule has 2 atom stereocenters. The Morgan fingerprint density at radius 2 is 1.51 bits per heavy atom. The van der Waals surface area contributed by atoms with E-state index in [-0.39, 0.29) is 34.8 Å². The summed E-state index contributed by atoms with van der Waals surface area (Å²) in [6.07, 6.45) is 1.02. The third-order valence-electron chi connectivity index (χ3n) is 7.14. The van der Waals surface area contributed by atoms with E-state index >= 15 is 0 Å². The number of ether oxygens (including phenoxy) is 3. The van der Waals surface area contributed by atoms with Crippen LogP contribution in [0.25, 0.3) is 0 Å². The average molecular weight is 612 g/mol. The highest BCUT2D eigenvalue weighted by Gasteiger charge is 2.35. The third kappa shape index (κ3) is 8.19. The molecule has 0 bridgehead atoms. The number of carbonyl (C=O) groups excluding carboxylic acids is 2. The van der Waals surface area contributed by atoms with Gasteiger partial charge in [-0.3, -0.25) is 13.9 Å². The highest BCUT2D eigenvalue weighted by Crippen LogP contribution is 2.36. The van der Waals surface area contributed by atoms with Crippen molar-refractivity contribution in [3.05, 3.63) is 78.4 Å². The summed E-state index contributed by atoms with van der Waals surface area (Å²) in [5.74, 6) is 0.317. The fourth-order valence-corrected chi connectivity index (χ4v) is 5.99. The van der Waals surface area contributed by atoms with Crippen LogP contribution in [0.3, 0.4) is 0 Å². The standard InChI is InChI=1S/C32H41N3O7S/c1-7-23(3)33-32(37)28(8-2)34(21-24-13-12-14-25(19-24)40-4)31(36)22-35(43(38,39)27-15-10-9-11-16-27)29-20-26(41-5)17-18-30(29)42-6/h9-20,23,28H,7-8,21-22H2,1-6H3,(H,33,37)/t23-,28+/m0/s1. The maximum atomic E-state index is 14.3. The molecule has 3 aromatic carbocycles. The molecule has 43 heavy (non-hydrogen) atoms. The number of nitrogens with one attached hydrogen (secondary N) is 1. The molecule has 232 valence electrons. The van der Waals surface area contributed by atoms with Gasteiger partial charge in [-0.1, -0.05) is 44.2 Å². The Labute approximate surface area is 254 Å². The van der Waals surface area contributed by atoms with Crippen LogP contribution < -0.4 is 23.8 Å². The molecule has 0 saturated carbocycles. The fourth-order valence-electron chi connectivity index (χ4n) is 4.55. The number of hydrogen-bond acceptors (Lipinski definition) is 7. The van der Waals surface area contributed by atoms with E-state index in [2.05, 4.69) is 5.32 Å². The summed E-state index contributed by atoms with van der Waals surface area (Å²) < 4.78 is 45.5. The van der Waals surface area contributed by atoms with Crippen molar-refractivity contribution in [2.45, 2.75) is 57.1 Å². The molecule has 10 nitrogen and oxygen atoms in total. The van der Waals surface area contributed by atoms with Crippen molar-refractivity contribution in [3.8, 4) is 17.2 Å². The molecule has 3 rings (SSSR count). The first-order valence-electron chi connectivity index (χ1n) is 14.1. The van der Waals surface area contributed by atoms with Crippen LogP contribution in [-0.4, -0.2) is 65.1 Å². The first-order valence-corrected chi connectivity index (χ1v) is 15.6. The number of hydrogen-bond donors (Lipinski definition) is 1. The summed E-state index contributed by atoms with van der Waals surface area (Å²) >= 11 is 0. The maximum absolute atomic E-state index is 14.3. The van der Waals surface area contributed by atoms with Gasteiger partial charge in [0.2, 0.25) is 11.8 Å². The monoisotopic (exact) mass is 611 g/mol. The fraction of sp³-hybridized carbons (Fsp3) is 0.375. The van der Waals surface area contributed by atoms with Crippen LogP contribution in [0.5, 0.6) is 17.2 Å². The quantitative estimate of drug-likeness (QED) is 0.267. The number of amides is 2. The van der Waals surface area contributed by atoms with Gasteiger partial charge < -0.3 is 24.4 Å². The summed E-state index contributed by atoms with van der Waals surface area (Å²) in [6, 6.07) is 18.8. The molecule has 0 aromatic heterocycles. The Hall–Kier alpha value is -4.25. The van der Waals surface area contributed by atoms with E-state index in [0.29, 0.717) is 24.3 Å². The Morgan fingerprint density at radius 3 is 2.12 bits per heavy atom. The zero-order valence-electron chi connectivity index (χ0n) is 25.6. The van der Waals surface area contributed by atoms with Gasteiger partial charge in [-0.15, -0.1) is 0 Å². The number of benzene rings is 3. The van der Waals surface area contributed by atoms with Crippen molar-refractivity contribution >= 4 is 27.5 Å². The highest BCUT2D eigenvalue weighted by atomic mass is 32.2. The van der Waals surface area contributed by atoms with E-state index in [4.69, 9.17) is 14.2 Å². The third-order valence-corrected chi connectivity index (χ3v) is 8.91. The summed E-state index contributed by atoms with van der Waals surface area (Å²) in [5.41, 5.74) is 0.844. The van der Waals surface area contributed by atoms with Gasteiger partial charge in [-0.05, 0) is 61.7 Å². The minimum absolute atomic E-state index is 0.00595. The Balaban J connectivity index is 2.14. The Kier molecular flexibility index (Phi) is 11.8. The molecule has 0 aliphatic carbocycles. The van der Waals surface area contributed by atoms with Crippen LogP contribution in [-0.2, 0) is 26.2 Å². The SMILES string of the molecule is CC[C@H](C(=O)N[C@@H](C)CC)N(Cc1cccc(OC)c1)C(=O)CN(c1cc(OC)ccc1OC)S(=O)(=O)c1ccccc1. The van der Waals surface area contributed by atoms with E-state index in [9.17, 15) is 18.0 Å². The van der Waals surface area contributed by atoms with Gasteiger partial charge in [-0.25, -0.2) is 8.42 Å². The largest absolute Gasteiger partial charge is 0.497 e. The number of carbonyl (C=O) groups is 2. The Morgan fingerprint density at radius 1 is 0.837 bits per heavy atom. The molecule has 3 aromatic rings. The van der Waals surface area contributed by atoms with Crippen molar-refractivity contribution < 1.29 is 32.2 Å². The number of anilines is 1. The second-order valence-corrected chi connectivity index (χ2v) is 11.8. The number of methoxy groups -OCH3 is 3. The minimum atomic E-state index is -4.27. The van der Waals surface area contributed by atoms with Gasteiger partial charge in [0.15, 0.2) is 0 Å². The molecular weight excluding hydrogens is 570 g/mol. The van der Waals surface area contributed by atoms with Gasteiger partial charge in [0.05, 0.1) is 31.9 Å². The average Bonchev–Trinajstić information content (AvgIpc) is 3.03. The minimum Gasteiger partial charge on any atom is -0.497 e. The van der Waals surface area contributed by atoms with E-state index in [1.807, 2.05) is 26.8 Å². The molecule has 0 heterocycles. The maximum Gasteiger partial charge on any atom is 0.264 e. The molecule has 11 heteroatoms. The first-order chi connectivity index (χ1) is 20.6. The molecule has 0 unspecified atom stereocenters. The zero-order chi connectivity index (χ0) is 31.6. The van der Waals surface area contributed by atoms with Crippen LogP contribution in [0.4, 0.5) is 5.69 Å². The van der Waals surface area contributed by atoms with E-state index in [0.717, 1.165) is 9.87 Å². The lowest BCUT2D eigenvalue weighted by Crippen LogP contribution is -2.53. The summed E-state index contributed by atoms with van der Waals surface area (Å²) in [5, 5.41) is 2.97. The van der Waals surface area contributed by atoms with Crippen LogP contribution in [0.1, 0.15) is 39.2 Å². The number of nitrogens with zero attached hydrogens (tertiary/aromatic N) is 2. The lowest BCUT2D eigenvalue weighted by atomic mass is 10.1. The van der Waals surface area contributed by atoms with Gasteiger partial charge in [-0.2, -0.15) is 0 Å². The molecule has 0 fully saturated rings. The zero-order valence-corrected chi connectivity index (χ0v) is 26.4. The predicted octanol–water partition coefficient (Wildman–Crippen LogP) is 4.63. The Bertz CT molecular complexity index is 1480. The van der Waals surface area contributed by atoms with Crippen molar-refractivity contribution in [1.29, 1.82) is 0 Å². The summed E-state index contributed by atoms with van der Waals surface area (Å²) in [7, 11) is 0.157. The van der Waals surface area contributed by atoms with Crippen molar-refractivity contribution in [2.24, 2.45) is 0 Å². The van der Waals surface area contributed by atoms with Crippen LogP contribution in [0.15, 0.2) is 77.7 Å². The van der Waals surface area contributed by atoms with Gasteiger partial charge in [0.1, 0.15) is 29.8 Å². The molecule has 0 radical (unpaired) electrons. The molecule has 0 saturated heterocycles. The number of sulfonamides is 1. The van der Waals surface area contributed by atoms with Crippen molar-refractivity contribution in [3.63, 3.8) is 0 Å². The van der Waals surface area contributed by atoms with Crippen molar-refractivity contribution in [2.75, 3.05) is 32.2 Å². The van der Waals surface area contributed by atoms with Crippen molar-refractivity contribution in [1.82, 2.24) is 10.2 Å². The molecule has 0 aliphatic rings. The summed E-state index contributed by atoms with van der Waals surface area (Å²) in [4.78, 5) is 29.2. The predicted molar refractivity (Wildman–Crippen MR) is 166 cm³/mol. The van der Waals surface area contributed by atoms with Gasteiger partial charge in [0, 0.05) is 18.7 Å². The normalized spacial score (nSPS) is 12.5. The van der Waals surface area contributed by atoms with Crippen LogP contribution >= 0.6 is 0 Å². The van der Waals surface area contributed by atoms with E-state index in [1.165, 1.54) is 37.3 Å². The lowest BCUT2D eigenvalue weighted by Gasteiger charge is -2.34. The number of rotatable bonds is 15. The lowest BCUT2D eigenvalue weighted by molar-refractivity contribution is -0.140. The van der Waals surface area contributed by atoms with E-state index in [1.54, 1.807) is 55.6 Å². The highest BCUT2D eigenvalue weighted by molar-refractivity contribution is 7.92. The molecule has 0 aliphatic heterocycles. The summed E-state index contributed by atoms with van der Waals surface area (Å²) in [6.45, 7) is 5.12. The molecule has 2 amide bonds.